The summed E-state index contributed by atoms with van der Waals surface area (Å²) in [5.41, 5.74) is 6.89. The normalized spacial score (nSPS) is 12.2. The second-order valence-electron chi connectivity index (χ2n) is 4.33. The van der Waals surface area contributed by atoms with Crippen LogP contribution >= 0.6 is 0 Å². The number of ether oxygens (including phenoxy) is 1. The van der Waals surface area contributed by atoms with E-state index >= 15 is 0 Å². The molecule has 5 nitrogen and oxygen atoms in total. The second-order valence-corrected chi connectivity index (χ2v) is 4.33. The first-order valence-electron chi connectivity index (χ1n) is 6.29. The number of anilines is 1. The molecule has 0 fully saturated rings. The number of benzene rings is 1. The van der Waals surface area contributed by atoms with Gasteiger partial charge in [-0.25, -0.2) is 14.2 Å². The number of nitrogens with two attached hydrogens (primary N) is 1. The van der Waals surface area contributed by atoms with Crippen molar-refractivity contribution in [3.8, 4) is 0 Å². The number of carbonyl (C=O) groups is 1. The molecule has 0 aliphatic rings. The number of rotatable bonds is 4. The number of aromatic nitrogens is 2. The first-order valence-corrected chi connectivity index (χ1v) is 6.29. The molecule has 1 atom stereocenters. The van der Waals surface area contributed by atoms with Gasteiger partial charge < -0.3 is 15.0 Å². The monoisotopic (exact) mass is 277 g/mol. The standard InChI is InChI=1S/C14H16FN3O2/c1-3-20-14(19)12-13(16)18(8-17-12)9(2)10-4-6-11(15)7-5-10/h4-9H,3,16H2,1-2H3. The van der Waals surface area contributed by atoms with Gasteiger partial charge in [-0.05, 0) is 31.5 Å². The van der Waals surface area contributed by atoms with Crippen LogP contribution in [0.15, 0.2) is 30.6 Å². The van der Waals surface area contributed by atoms with Crippen molar-refractivity contribution in [3.63, 3.8) is 0 Å². The van der Waals surface area contributed by atoms with E-state index in [1.165, 1.54) is 18.5 Å². The van der Waals surface area contributed by atoms with Crippen LogP contribution in [0.25, 0.3) is 0 Å². The van der Waals surface area contributed by atoms with Gasteiger partial charge in [0.2, 0.25) is 0 Å². The van der Waals surface area contributed by atoms with Crippen molar-refractivity contribution in [3.05, 3.63) is 47.7 Å². The smallest absolute Gasteiger partial charge is 0.360 e. The van der Waals surface area contributed by atoms with Gasteiger partial charge in [-0.15, -0.1) is 0 Å². The predicted octanol–water partition coefficient (Wildman–Crippen LogP) is 2.39. The van der Waals surface area contributed by atoms with E-state index < -0.39 is 5.97 Å². The van der Waals surface area contributed by atoms with Crippen LogP contribution in [-0.4, -0.2) is 22.1 Å². The van der Waals surface area contributed by atoms with Crippen molar-refractivity contribution in [2.75, 3.05) is 12.3 Å². The Kier molecular flexibility index (Phi) is 4.02. The van der Waals surface area contributed by atoms with E-state index in [4.69, 9.17) is 10.5 Å². The van der Waals surface area contributed by atoms with Gasteiger partial charge in [-0.2, -0.15) is 0 Å². The van der Waals surface area contributed by atoms with E-state index in [0.29, 0.717) is 0 Å². The van der Waals surface area contributed by atoms with Gasteiger partial charge >= 0.3 is 5.97 Å². The zero-order valence-electron chi connectivity index (χ0n) is 11.3. The van der Waals surface area contributed by atoms with Crippen molar-refractivity contribution in [2.24, 2.45) is 0 Å². The Balaban J connectivity index is 2.29. The number of imidazole rings is 1. The third-order valence-corrected chi connectivity index (χ3v) is 3.07. The van der Waals surface area contributed by atoms with Gasteiger partial charge in [0.15, 0.2) is 5.69 Å². The number of nitrogens with zero attached hydrogens (tertiary/aromatic N) is 2. The molecule has 0 bridgehead atoms. The van der Waals surface area contributed by atoms with Crippen molar-refractivity contribution >= 4 is 11.8 Å². The fraction of sp³-hybridized carbons (Fsp3) is 0.286. The molecule has 1 heterocycles. The summed E-state index contributed by atoms with van der Waals surface area (Å²) < 4.78 is 19.5. The van der Waals surface area contributed by atoms with E-state index in [1.807, 2.05) is 6.92 Å². The van der Waals surface area contributed by atoms with Crippen LogP contribution in [0.1, 0.15) is 35.9 Å². The second kappa shape index (κ2) is 5.73. The maximum Gasteiger partial charge on any atom is 0.360 e. The largest absolute Gasteiger partial charge is 0.461 e. The first-order chi connectivity index (χ1) is 9.54. The van der Waals surface area contributed by atoms with Gasteiger partial charge in [0, 0.05) is 0 Å². The van der Waals surface area contributed by atoms with E-state index in [0.717, 1.165) is 5.56 Å². The predicted molar refractivity (Wildman–Crippen MR) is 72.8 cm³/mol. The maximum absolute atomic E-state index is 12.9. The Morgan fingerprint density at radius 1 is 1.45 bits per heavy atom. The molecule has 2 aromatic rings. The van der Waals surface area contributed by atoms with Gasteiger partial charge in [0.25, 0.3) is 0 Å². The lowest BCUT2D eigenvalue weighted by molar-refractivity contribution is 0.0521. The van der Waals surface area contributed by atoms with Crippen LogP contribution in [-0.2, 0) is 4.74 Å². The molecule has 2 N–H and O–H groups in total. The summed E-state index contributed by atoms with van der Waals surface area (Å²) in [6.07, 6.45) is 1.48. The number of carbonyl (C=O) groups excluding carboxylic acids is 1. The fourth-order valence-electron chi connectivity index (χ4n) is 1.94. The summed E-state index contributed by atoms with van der Waals surface area (Å²) in [4.78, 5) is 15.6. The molecule has 0 spiro atoms. The molecule has 0 amide bonds. The molecule has 20 heavy (non-hydrogen) atoms. The third-order valence-electron chi connectivity index (χ3n) is 3.07. The van der Waals surface area contributed by atoms with Crippen LogP contribution in [0, 0.1) is 5.82 Å². The van der Waals surface area contributed by atoms with Crippen molar-refractivity contribution in [2.45, 2.75) is 19.9 Å². The average molecular weight is 277 g/mol. The Hall–Kier alpha value is -2.37. The fourth-order valence-corrected chi connectivity index (χ4v) is 1.94. The number of hydrogen-bond acceptors (Lipinski definition) is 4. The van der Waals surface area contributed by atoms with Crippen LogP contribution in [0.4, 0.5) is 10.2 Å². The zero-order valence-corrected chi connectivity index (χ0v) is 11.3. The van der Waals surface area contributed by atoms with E-state index in [-0.39, 0.29) is 30.0 Å². The Bertz CT molecular complexity index is 607. The molecule has 1 unspecified atom stereocenters. The van der Waals surface area contributed by atoms with Crippen LogP contribution in [0.3, 0.4) is 0 Å². The van der Waals surface area contributed by atoms with Crippen molar-refractivity contribution < 1.29 is 13.9 Å². The molecule has 0 saturated carbocycles. The molecule has 1 aromatic carbocycles. The van der Waals surface area contributed by atoms with E-state index in [9.17, 15) is 9.18 Å². The minimum Gasteiger partial charge on any atom is -0.461 e. The lowest BCUT2D eigenvalue weighted by atomic mass is 10.1. The highest BCUT2D eigenvalue weighted by Gasteiger charge is 2.20. The summed E-state index contributed by atoms with van der Waals surface area (Å²) in [6.45, 7) is 3.87. The Morgan fingerprint density at radius 2 is 2.10 bits per heavy atom. The first kappa shape index (κ1) is 14.0. The molecule has 1 aromatic heterocycles. The van der Waals surface area contributed by atoms with E-state index in [1.54, 1.807) is 23.6 Å². The third kappa shape index (κ3) is 2.64. The molecule has 0 aliphatic heterocycles. The molecule has 106 valence electrons. The summed E-state index contributed by atoms with van der Waals surface area (Å²) in [6, 6.07) is 5.94. The minimum absolute atomic E-state index is 0.0980. The summed E-state index contributed by atoms with van der Waals surface area (Å²) in [7, 11) is 0. The maximum atomic E-state index is 12.9. The summed E-state index contributed by atoms with van der Waals surface area (Å²) in [5, 5.41) is 0. The van der Waals surface area contributed by atoms with Crippen LogP contribution < -0.4 is 5.73 Å². The highest BCUT2D eigenvalue weighted by atomic mass is 19.1. The lowest BCUT2D eigenvalue weighted by Crippen LogP contribution is -2.12. The molecule has 0 radical (unpaired) electrons. The average Bonchev–Trinajstić information content (AvgIpc) is 2.81. The summed E-state index contributed by atoms with van der Waals surface area (Å²) >= 11 is 0. The van der Waals surface area contributed by atoms with Gasteiger partial charge in [0.05, 0.1) is 19.0 Å². The Labute approximate surface area is 116 Å². The number of hydrogen-bond donors (Lipinski definition) is 1. The Morgan fingerprint density at radius 3 is 2.70 bits per heavy atom. The van der Waals surface area contributed by atoms with Gasteiger partial charge in [0.1, 0.15) is 11.6 Å². The number of esters is 1. The van der Waals surface area contributed by atoms with Crippen LogP contribution in [0.2, 0.25) is 0 Å². The minimum atomic E-state index is -0.546. The van der Waals surface area contributed by atoms with Gasteiger partial charge in [-0.1, -0.05) is 12.1 Å². The topological polar surface area (TPSA) is 70.1 Å². The zero-order chi connectivity index (χ0) is 14.7. The molecule has 6 heteroatoms. The highest BCUT2D eigenvalue weighted by molar-refractivity contribution is 5.92. The van der Waals surface area contributed by atoms with Crippen LogP contribution in [0.5, 0.6) is 0 Å². The molecule has 0 saturated heterocycles. The van der Waals surface area contributed by atoms with Crippen molar-refractivity contribution in [1.29, 1.82) is 0 Å². The molecule has 0 aliphatic carbocycles. The molecular weight excluding hydrogens is 261 g/mol. The SMILES string of the molecule is CCOC(=O)c1ncn(C(C)c2ccc(F)cc2)c1N. The highest BCUT2D eigenvalue weighted by Crippen LogP contribution is 2.23. The van der Waals surface area contributed by atoms with Gasteiger partial charge in [-0.3, -0.25) is 0 Å². The quantitative estimate of drug-likeness (QED) is 0.871. The van der Waals surface area contributed by atoms with E-state index in [2.05, 4.69) is 4.98 Å². The number of nitrogen functional groups attached to an aromatic ring is 1. The van der Waals surface area contributed by atoms with Crippen molar-refractivity contribution in [1.82, 2.24) is 9.55 Å². The molecular formula is C14H16FN3O2. The lowest BCUT2D eigenvalue weighted by Gasteiger charge is -2.15. The number of halogens is 1. The molecule has 2 rings (SSSR count). The summed E-state index contributed by atoms with van der Waals surface area (Å²) in [5.74, 6) is -0.609.